The molecule has 1 heterocycles. The number of benzene rings is 2. The predicted molar refractivity (Wildman–Crippen MR) is 86.1 cm³/mol. The molecular formula is C15H9Cl2N3O2. The highest BCUT2D eigenvalue weighted by Gasteiger charge is 2.11. The molecule has 1 aromatic heterocycles. The number of imidazole rings is 1. The lowest BCUT2D eigenvalue weighted by Gasteiger charge is -2.00. The molecule has 3 aromatic rings. The van der Waals surface area contributed by atoms with Gasteiger partial charge >= 0.3 is 0 Å². The first-order valence-electron chi connectivity index (χ1n) is 6.30. The Morgan fingerprint density at radius 2 is 1.82 bits per heavy atom. The van der Waals surface area contributed by atoms with Crippen LogP contribution in [0.15, 0.2) is 48.7 Å². The number of non-ortho nitro benzene ring substituents is 1. The molecule has 0 spiro atoms. The minimum absolute atomic E-state index is 0.0382. The third kappa shape index (κ3) is 2.81. The Morgan fingerprint density at radius 1 is 1.09 bits per heavy atom. The summed E-state index contributed by atoms with van der Waals surface area (Å²) in [6, 6.07) is 11.3. The van der Waals surface area contributed by atoms with Crippen molar-refractivity contribution in [3.63, 3.8) is 0 Å². The van der Waals surface area contributed by atoms with Crippen molar-refractivity contribution < 1.29 is 4.92 Å². The molecule has 0 saturated heterocycles. The quantitative estimate of drug-likeness (QED) is 0.543. The normalized spacial score (nSPS) is 10.6. The molecule has 0 atom stereocenters. The van der Waals surface area contributed by atoms with Gasteiger partial charge in [-0.1, -0.05) is 23.2 Å². The maximum Gasteiger partial charge on any atom is 0.269 e. The number of H-pyrrole nitrogens is 1. The van der Waals surface area contributed by atoms with Gasteiger partial charge in [-0.3, -0.25) is 10.1 Å². The van der Waals surface area contributed by atoms with Gasteiger partial charge in [-0.15, -0.1) is 0 Å². The molecule has 5 nitrogen and oxygen atoms in total. The number of nitro benzene ring substituents is 1. The zero-order chi connectivity index (χ0) is 15.7. The largest absolute Gasteiger partial charge is 0.344 e. The summed E-state index contributed by atoms with van der Waals surface area (Å²) < 4.78 is 0. The van der Waals surface area contributed by atoms with Gasteiger partial charge in [0.2, 0.25) is 0 Å². The van der Waals surface area contributed by atoms with E-state index >= 15 is 0 Å². The molecule has 1 N–H and O–H groups in total. The number of halogens is 2. The third-order valence-electron chi connectivity index (χ3n) is 3.14. The molecular weight excluding hydrogens is 325 g/mol. The molecule has 0 saturated carbocycles. The van der Waals surface area contributed by atoms with E-state index in [1.165, 1.54) is 12.1 Å². The van der Waals surface area contributed by atoms with Crippen molar-refractivity contribution in [2.24, 2.45) is 0 Å². The molecule has 0 amide bonds. The van der Waals surface area contributed by atoms with Crippen LogP contribution in [0.25, 0.3) is 22.6 Å². The van der Waals surface area contributed by atoms with Crippen LogP contribution in [0.4, 0.5) is 5.69 Å². The molecule has 0 aliphatic heterocycles. The average Bonchev–Trinajstić information content (AvgIpc) is 2.97. The van der Waals surface area contributed by atoms with Crippen LogP contribution in [0, 0.1) is 10.1 Å². The fraction of sp³-hybridized carbons (Fsp3) is 0. The van der Waals surface area contributed by atoms with Crippen molar-refractivity contribution in [2.75, 3.05) is 0 Å². The third-order valence-corrected chi connectivity index (χ3v) is 3.68. The van der Waals surface area contributed by atoms with Crippen LogP contribution in [-0.2, 0) is 0 Å². The lowest BCUT2D eigenvalue weighted by molar-refractivity contribution is -0.384. The summed E-state index contributed by atoms with van der Waals surface area (Å²) in [6.07, 6.45) is 1.73. The molecule has 0 fully saturated rings. The number of aromatic nitrogens is 2. The standard InChI is InChI=1S/C15H9Cl2N3O2/c16-10-3-6-12(13(17)7-10)14-8-18-15(19-14)9-1-4-11(5-2-9)20(21)22/h1-8H,(H,18,19). The number of hydrogen-bond donors (Lipinski definition) is 1. The van der Waals surface area contributed by atoms with Crippen molar-refractivity contribution >= 4 is 28.9 Å². The van der Waals surface area contributed by atoms with E-state index in [2.05, 4.69) is 9.97 Å². The van der Waals surface area contributed by atoms with E-state index in [4.69, 9.17) is 23.2 Å². The monoisotopic (exact) mass is 333 g/mol. The van der Waals surface area contributed by atoms with Crippen LogP contribution in [-0.4, -0.2) is 14.9 Å². The van der Waals surface area contributed by atoms with Crippen molar-refractivity contribution in [1.82, 2.24) is 9.97 Å². The first-order valence-corrected chi connectivity index (χ1v) is 7.06. The van der Waals surface area contributed by atoms with Gasteiger partial charge in [-0.25, -0.2) is 4.98 Å². The molecule has 0 bridgehead atoms. The van der Waals surface area contributed by atoms with Crippen molar-refractivity contribution in [1.29, 1.82) is 0 Å². The molecule has 110 valence electrons. The number of nitro groups is 1. The van der Waals surface area contributed by atoms with Crippen LogP contribution >= 0.6 is 23.2 Å². The highest BCUT2D eigenvalue weighted by Crippen LogP contribution is 2.30. The van der Waals surface area contributed by atoms with Gasteiger partial charge in [0, 0.05) is 34.5 Å². The minimum Gasteiger partial charge on any atom is -0.344 e. The van der Waals surface area contributed by atoms with Gasteiger partial charge in [-0.05, 0) is 30.3 Å². The number of aromatic amines is 1. The molecule has 0 unspecified atom stereocenters. The van der Waals surface area contributed by atoms with E-state index in [9.17, 15) is 10.1 Å². The number of hydrogen-bond acceptors (Lipinski definition) is 3. The highest BCUT2D eigenvalue weighted by atomic mass is 35.5. The maximum absolute atomic E-state index is 10.7. The van der Waals surface area contributed by atoms with Crippen molar-refractivity contribution in [2.45, 2.75) is 0 Å². The summed E-state index contributed by atoms with van der Waals surface area (Å²) >= 11 is 12.0. The van der Waals surface area contributed by atoms with Crippen LogP contribution < -0.4 is 0 Å². The van der Waals surface area contributed by atoms with Gasteiger partial charge in [0.05, 0.1) is 15.6 Å². The second kappa shape index (κ2) is 5.79. The summed E-state index contributed by atoms with van der Waals surface area (Å²) in [5.41, 5.74) is 2.23. The molecule has 2 aromatic carbocycles. The minimum atomic E-state index is -0.440. The molecule has 0 aliphatic rings. The first-order chi connectivity index (χ1) is 10.5. The molecule has 0 aliphatic carbocycles. The Bertz CT molecular complexity index is 844. The van der Waals surface area contributed by atoms with Gasteiger partial charge in [0.25, 0.3) is 5.69 Å². The Balaban J connectivity index is 1.95. The van der Waals surface area contributed by atoms with E-state index in [0.29, 0.717) is 21.6 Å². The molecule has 0 radical (unpaired) electrons. The maximum atomic E-state index is 10.7. The van der Waals surface area contributed by atoms with Gasteiger partial charge in [-0.2, -0.15) is 0 Å². The van der Waals surface area contributed by atoms with Gasteiger partial charge in [0.1, 0.15) is 5.82 Å². The van der Waals surface area contributed by atoms with E-state index in [-0.39, 0.29) is 5.69 Å². The Labute approximate surface area is 135 Å². The van der Waals surface area contributed by atoms with Crippen LogP contribution in [0.2, 0.25) is 10.0 Å². The lowest BCUT2D eigenvalue weighted by Crippen LogP contribution is -1.88. The fourth-order valence-corrected chi connectivity index (χ4v) is 2.55. The van der Waals surface area contributed by atoms with Crippen molar-refractivity contribution in [3.05, 3.63) is 68.8 Å². The van der Waals surface area contributed by atoms with Crippen LogP contribution in [0.5, 0.6) is 0 Å². The first kappa shape index (κ1) is 14.6. The highest BCUT2D eigenvalue weighted by molar-refractivity contribution is 6.36. The summed E-state index contributed by atoms with van der Waals surface area (Å²) in [6.45, 7) is 0. The zero-order valence-electron chi connectivity index (χ0n) is 11.1. The molecule has 7 heteroatoms. The van der Waals surface area contributed by atoms with Gasteiger partial charge < -0.3 is 4.98 Å². The van der Waals surface area contributed by atoms with E-state index < -0.39 is 4.92 Å². The molecule has 3 rings (SSSR count). The van der Waals surface area contributed by atoms with Gasteiger partial charge in [0.15, 0.2) is 0 Å². The van der Waals surface area contributed by atoms with E-state index in [0.717, 1.165) is 11.1 Å². The van der Waals surface area contributed by atoms with Crippen LogP contribution in [0.1, 0.15) is 0 Å². The van der Waals surface area contributed by atoms with Crippen LogP contribution in [0.3, 0.4) is 0 Å². The Hall–Kier alpha value is -2.37. The number of nitrogens with zero attached hydrogens (tertiary/aromatic N) is 2. The SMILES string of the molecule is O=[N+]([O-])c1ccc(-c2nc(-c3ccc(Cl)cc3Cl)c[nH]2)cc1. The van der Waals surface area contributed by atoms with Crippen molar-refractivity contribution in [3.8, 4) is 22.6 Å². The number of rotatable bonds is 3. The number of nitrogens with one attached hydrogen (secondary N) is 1. The second-order valence-electron chi connectivity index (χ2n) is 4.56. The smallest absolute Gasteiger partial charge is 0.269 e. The summed E-state index contributed by atoms with van der Waals surface area (Å²) in [7, 11) is 0. The Morgan fingerprint density at radius 3 is 2.45 bits per heavy atom. The topological polar surface area (TPSA) is 71.8 Å². The van der Waals surface area contributed by atoms with E-state index in [1.54, 1.807) is 36.5 Å². The summed E-state index contributed by atoms with van der Waals surface area (Å²) in [5, 5.41) is 11.7. The zero-order valence-corrected chi connectivity index (χ0v) is 12.6. The lowest BCUT2D eigenvalue weighted by atomic mass is 10.1. The average molecular weight is 334 g/mol. The van der Waals surface area contributed by atoms with E-state index in [1.807, 2.05) is 0 Å². The Kier molecular flexibility index (Phi) is 3.83. The second-order valence-corrected chi connectivity index (χ2v) is 5.41. The molecule has 22 heavy (non-hydrogen) atoms. The fourth-order valence-electron chi connectivity index (χ4n) is 2.05. The summed E-state index contributed by atoms with van der Waals surface area (Å²) in [4.78, 5) is 17.7. The predicted octanol–water partition coefficient (Wildman–Crippen LogP) is 4.96. The summed E-state index contributed by atoms with van der Waals surface area (Å²) in [5.74, 6) is 0.607.